The maximum atomic E-state index is 12.2. The zero-order chi connectivity index (χ0) is 16.7. The van der Waals surface area contributed by atoms with Crippen molar-refractivity contribution in [3.05, 3.63) is 58.1 Å². The van der Waals surface area contributed by atoms with Crippen molar-refractivity contribution in [3.63, 3.8) is 0 Å². The quantitative estimate of drug-likeness (QED) is 0.618. The number of nitrogens with one attached hydrogen (secondary N) is 1. The Morgan fingerprint density at radius 1 is 1.26 bits per heavy atom. The van der Waals surface area contributed by atoms with Crippen molar-refractivity contribution in [2.45, 2.75) is 6.92 Å². The van der Waals surface area contributed by atoms with Crippen molar-refractivity contribution < 1.29 is 14.3 Å². The van der Waals surface area contributed by atoms with Gasteiger partial charge in [-0.15, -0.1) is 0 Å². The highest BCUT2D eigenvalue weighted by Gasteiger charge is 2.11. The van der Waals surface area contributed by atoms with Crippen LogP contribution in [0, 0.1) is 0 Å². The van der Waals surface area contributed by atoms with Crippen molar-refractivity contribution in [2.75, 3.05) is 13.7 Å². The summed E-state index contributed by atoms with van der Waals surface area (Å²) in [6, 6.07) is 12.6. The number of methoxy groups -OCH3 is 1. The number of benzene rings is 2. The molecule has 2 aromatic carbocycles. The Bertz CT molecular complexity index is 699. The molecular formula is C17H17BrN2O3. The first-order chi connectivity index (χ1) is 11.1. The van der Waals surface area contributed by atoms with E-state index in [1.165, 1.54) is 7.11 Å². The van der Waals surface area contributed by atoms with E-state index in [0.717, 1.165) is 15.8 Å². The third kappa shape index (κ3) is 4.82. The fourth-order valence-corrected chi connectivity index (χ4v) is 2.26. The number of hydrogen-bond acceptors (Lipinski definition) is 4. The summed E-state index contributed by atoms with van der Waals surface area (Å²) in [6.07, 6.45) is 1.57. The van der Waals surface area contributed by atoms with E-state index in [0.29, 0.717) is 17.9 Å². The number of amides is 1. The molecule has 0 aliphatic rings. The van der Waals surface area contributed by atoms with Gasteiger partial charge in [0.15, 0.2) is 0 Å². The molecule has 0 atom stereocenters. The van der Waals surface area contributed by atoms with Gasteiger partial charge < -0.3 is 9.47 Å². The molecule has 2 aromatic rings. The highest BCUT2D eigenvalue weighted by atomic mass is 79.9. The Hall–Kier alpha value is -2.34. The van der Waals surface area contributed by atoms with E-state index in [-0.39, 0.29) is 5.91 Å². The predicted molar refractivity (Wildman–Crippen MR) is 93.4 cm³/mol. The first-order valence-corrected chi connectivity index (χ1v) is 7.83. The van der Waals surface area contributed by atoms with Crippen LogP contribution >= 0.6 is 15.9 Å². The molecule has 0 spiro atoms. The van der Waals surface area contributed by atoms with E-state index in [4.69, 9.17) is 9.47 Å². The maximum Gasteiger partial charge on any atom is 0.275 e. The first kappa shape index (κ1) is 17.0. The molecular weight excluding hydrogens is 360 g/mol. The number of halogens is 1. The number of ether oxygens (including phenoxy) is 2. The third-order valence-corrected chi connectivity index (χ3v) is 3.47. The van der Waals surface area contributed by atoms with Gasteiger partial charge in [-0.1, -0.05) is 15.9 Å². The Labute approximate surface area is 143 Å². The second-order valence-corrected chi connectivity index (χ2v) is 5.46. The normalized spacial score (nSPS) is 10.6. The zero-order valence-corrected chi connectivity index (χ0v) is 14.5. The van der Waals surface area contributed by atoms with Crippen LogP contribution in [0.25, 0.3) is 0 Å². The van der Waals surface area contributed by atoms with Crippen molar-refractivity contribution in [1.29, 1.82) is 0 Å². The summed E-state index contributed by atoms with van der Waals surface area (Å²) in [5.41, 5.74) is 3.75. The second kappa shape index (κ2) is 8.33. The summed E-state index contributed by atoms with van der Waals surface area (Å²) >= 11 is 3.33. The van der Waals surface area contributed by atoms with Gasteiger partial charge in [0.1, 0.15) is 11.5 Å². The fourth-order valence-electron chi connectivity index (χ4n) is 1.90. The summed E-state index contributed by atoms with van der Waals surface area (Å²) in [5.74, 6) is 0.944. The molecule has 6 heteroatoms. The highest BCUT2D eigenvalue weighted by Crippen LogP contribution is 2.22. The first-order valence-electron chi connectivity index (χ1n) is 7.04. The molecule has 1 amide bonds. The minimum Gasteiger partial charge on any atom is -0.496 e. The molecule has 1 N–H and O–H groups in total. The van der Waals surface area contributed by atoms with Crippen LogP contribution in [-0.2, 0) is 0 Å². The third-order valence-electron chi connectivity index (χ3n) is 2.98. The lowest BCUT2D eigenvalue weighted by Crippen LogP contribution is -2.18. The smallest absolute Gasteiger partial charge is 0.275 e. The van der Waals surface area contributed by atoms with Gasteiger partial charge in [-0.3, -0.25) is 4.79 Å². The van der Waals surface area contributed by atoms with E-state index in [1.807, 2.05) is 31.2 Å². The van der Waals surface area contributed by atoms with Gasteiger partial charge in [0.2, 0.25) is 0 Å². The summed E-state index contributed by atoms with van der Waals surface area (Å²) in [6.45, 7) is 2.55. The number of hydrogen-bond donors (Lipinski definition) is 1. The SMILES string of the molecule is CCOc1ccc(/C=N\NC(=O)c2cc(Br)ccc2OC)cc1. The van der Waals surface area contributed by atoms with Gasteiger partial charge in [0, 0.05) is 4.47 Å². The fraction of sp³-hybridized carbons (Fsp3) is 0.176. The molecule has 0 heterocycles. The van der Waals surface area contributed by atoms with Gasteiger partial charge in [-0.2, -0.15) is 5.10 Å². The summed E-state index contributed by atoms with van der Waals surface area (Å²) < 4.78 is 11.3. The van der Waals surface area contributed by atoms with Crippen LogP contribution in [0.5, 0.6) is 11.5 Å². The maximum absolute atomic E-state index is 12.2. The second-order valence-electron chi connectivity index (χ2n) is 4.55. The van der Waals surface area contributed by atoms with E-state index in [9.17, 15) is 4.79 Å². The molecule has 0 radical (unpaired) electrons. The Morgan fingerprint density at radius 3 is 2.65 bits per heavy atom. The lowest BCUT2D eigenvalue weighted by Gasteiger charge is -2.07. The van der Waals surface area contributed by atoms with Gasteiger partial charge in [-0.05, 0) is 55.0 Å². The average molecular weight is 377 g/mol. The summed E-state index contributed by atoms with van der Waals surface area (Å²) in [7, 11) is 1.52. The number of rotatable bonds is 6. The van der Waals surface area contributed by atoms with Gasteiger partial charge in [0.25, 0.3) is 5.91 Å². The standard InChI is InChI=1S/C17H17BrN2O3/c1-3-23-14-7-4-12(5-8-14)11-19-20-17(21)15-10-13(18)6-9-16(15)22-2/h4-11H,3H2,1-2H3,(H,20,21)/b19-11-. The summed E-state index contributed by atoms with van der Waals surface area (Å²) in [5, 5.41) is 3.96. The molecule has 0 aliphatic carbocycles. The molecule has 0 saturated carbocycles. The van der Waals surface area contributed by atoms with Crippen molar-refractivity contribution in [3.8, 4) is 11.5 Å². The Morgan fingerprint density at radius 2 is 2.00 bits per heavy atom. The van der Waals surface area contributed by atoms with Crippen LogP contribution in [0.3, 0.4) is 0 Å². The largest absolute Gasteiger partial charge is 0.496 e. The van der Waals surface area contributed by atoms with Crippen molar-refractivity contribution in [2.24, 2.45) is 5.10 Å². The van der Waals surface area contributed by atoms with Crippen LogP contribution in [0.15, 0.2) is 52.0 Å². The highest BCUT2D eigenvalue weighted by molar-refractivity contribution is 9.10. The lowest BCUT2D eigenvalue weighted by atomic mass is 10.2. The molecule has 2 rings (SSSR count). The minimum absolute atomic E-state index is 0.342. The van der Waals surface area contributed by atoms with E-state index < -0.39 is 0 Å². The van der Waals surface area contributed by atoms with Crippen LogP contribution in [-0.4, -0.2) is 25.8 Å². The Balaban J connectivity index is 2.02. The number of nitrogens with zero attached hydrogens (tertiary/aromatic N) is 1. The summed E-state index contributed by atoms with van der Waals surface area (Å²) in [4.78, 5) is 12.2. The van der Waals surface area contributed by atoms with Crippen molar-refractivity contribution in [1.82, 2.24) is 5.43 Å². The average Bonchev–Trinajstić information content (AvgIpc) is 2.56. The molecule has 0 saturated heterocycles. The molecule has 0 aliphatic heterocycles. The van der Waals surface area contributed by atoms with Crippen LogP contribution in [0.2, 0.25) is 0 Å². The molecule has 0 bridgehead atoms. The zero-order valence-electron chi connectivity index (χ0n) is 12.9. The minimum atomic E-state index is -0.342. The lowest BCUT2D eigenvalue weighted by molar-refractivity contribution is 0.0952. The van der Waals surface area contributed by atoms with Crippen molar-refractivity contribution >= 4 is 28.1 Å². The van der Waals surface area contributed by atoms with E-state index in [1.54, 1.807) is 24.4 Å². The van der Waals surface area contributed by atoms with Crippen LogP contribution < -0.4 is 14.9 Å². The molecule has 23 heavy (non-hydrogen) atoms. The molecule has 0 unspecified atom stereocenters. The molecule has 0 fully saturated rings. The molecule has 5 nitrogen and oxygen atoms in total. The number of carbonyl (C=O) groups is 1. The van der Waals surface area contributed by atoms with E-state index >= 15 is 0 Å². The van der Waals surface area contributed by atoms with Gasteiger partial charge in [0.05, 0.1) is 25.5 Å². The van der Waals surface area contributed by atoms with E-state index in [2.05, 4.69) is 26.5 Å². The number of hydrazone groups is 1. The topological polar surface area (TPSA) is 59.9 Å². The molecule has 120 valence electrons. The van der Waals surface area contributed by atoms with Gasteiger partial charge in [-0.25, -0.2) is 5.43 Å². The Kier molecular flexibility index (Phi) is 6.17. The number of carbonyl (C=O) groups excluding carboxylic acids is 1. The monoisotopic (exact) mass is 376 g/mol. The van der Waals surface area contributed by atoms with Gasteiger partial charge >= 0.3 is 0 Å². The molecule has 0 aromatic heterocycles. The predicted octanol–water partition coefficient (Wildman–Crippen LogP) is 3.62. The van der Waals surface area contributed by atoms with Crippen LogP contribution in [0.4, 0.5) is 0 Å². The van der Waals surface area contributed by atoms with Crippen LogP contribution in [0.1, 0.15) is 22.8 Å².